The molecule has 23 heteroatoms. The SMILES string of the molecule is CO[C@@H]([C@H](O)CC(=O)[C@@H](C)[C@@H](O)CC[C@@H](C)[C@@H]1O[C@]2(CC[C@@H](C)[C@H](CC[C@H](C)/C(C)=N/OCC(=O)NCCNC(=O)c3ccc(F)c(N=[N+]=[N-])c3)O2)CC[C@@H]1C)[C@H](OC(=O)C[C@@H](O)/C(C(=O)O)=C(\C)C(=O)O)C(C)C. The molecule has 13 atom stereocenters. The van der Waals surface area contributed by atoms with E-state index in [9.17, 15) is 58.7 Å². The van der Waals surface area contributed by atoms with Gasteiger partial charge >= 0.3 is 17.9 Å². The molecule has 0 aromatic heterocycles. The number of Topliss-reactive ketones (excluding diaryl/α,β-unsaturated/α-hetero) is 1. The number of ether oxygens (including phenoxy) is 4. The summed E-state index contributed by atoms with van der Waals surface area (Å²) < 4.78 is 38.5. The molecule has 2 fully saturated rings. The van der Waals surface area contributed by atoms with E-state index in [2.05, 4.69) is 46.6 Å². The molecule has 420 valence electrons. The number of aliphatic hydroxyl groups excluding tert-OH is 3. The fourth-order valence-electron chi connectivity index (χ4n) is 9.42. The van der Waals surface area contributed by atoms with Crippen molar-refractivity contribution in [1.82, 2.24) is 10.6 Å². The van der Waals surface area contributed by atoms with Gasteiger partial charge in [-0.05, 0) is 106 Å². The van der Waals surface area contributed by atoms with Crippen molar-refractivity contribution in [3.63, 3.8) is 0 Å². The Bertz CT molecular complexity index is 2240. The first kappa shape index (κ1) is 63.7. The second-order valence-corrected chi connectivity index (χ2v) is 20.5. The number of halogens is 1. The van der Waals surface area contributed by atoms with Crippen molar-refractivity contribution < 1.29 is 82.5 Å². The maximum absolute atomic E-state index is 13.7. The normalized spacial score (nSPS) is 23.5. The first-order valence-electron chi connectivity index (χ1n) is 25.6. The molecule has 0 radical (unpaired) electrons. The highest BCUT2D eigenvalue weighted by molar-refractivity contribution is 5.99. The van der Waals surface area contributed by atoms with Gasteiger partial charge < -0.3 is 60.0 Å². The van der Waals surface area contributed by atoms with E-state index in [0.29, 0.717) is 12.1 Å². The summed E-state index contributed by atoms with van der Waals surface area (Å²) in [6.45, 7) is 15.9. The lowest BCUT2D eigenvalue weighted by Gasteiger charge is -2.51. The van der Waals surface area contributed by atoms with Crippen molar-refractivity contribution in [1.29, 1.82) is 0 Å². The van der Waals surface area contributed by atoms with Crippen LogP contribution in [0.2, 0.25) is 0 Å². The van der Waals surface area contributed by atoms with Crippen molar-refractivity contribution in [3.8, 4) is 0 Å². The third-order valence-corrected chi connectivity index (χ3v) is 14.5. The van der Waals surface area contributed by atoms with E-state index in [4.69, 9.17) is 29.3 Å². The molecule has 0 bridgehead atoms. The highest BCUT2D eigenvalue weighted by Crippen LogP contribution is 2.46. The molecule has 7 N–H and O–H groups in total. The van der Waals surface area contributed by atoms with Crippen LogP contribution in [-0.4, -0.2) is 142 Å². The van der Waals surface area contributed by atoms with Crippen LogP contribution in [0.4, 0.5) is 10.1 Å². The van der Waals surface area contributed by atoms with Gasteiger partial charge in [-0.2, -0.15) is 0 Å². The number of carbonyl (C=O) groups is 6. The molecule has 1 aromatic carbocycles. The lowest BCUT2D eigenvalue weighted by atomic mass is 9.79. The highest BCUT2D eigenvalue weighted by Gasteiger charge is 2.48. The van der Waals surface area contributed by atoms with Crippen LogP contribution < -0.4 is 10.6 Å². The summed E-state index contributed by atoms with van der Waals surface area (Å²) in [7, 11) is 1.25. The Morgan fingerprint density at radius 3 is 2.15 bits per heavy atom. The van der Waals surface area contributed by atoms with Crippen molar-refractivity contribution in [2.45, 2.75) is 175 Å². The lowest BCUT2D eigenvalue weighted by Crippen LogP contribution is -2.53. The van der Waals surface area contributed by atoms with E-state index in [0.717, 1.165) is 57.6 Å². The predicted molar refractivity (Wildman–Crippen MR) is 271 cm³/mol. The molecule has 0 aliphatic carbocycles. The van der Waals surface area contributed by atoms with Gasteiger partial charge in [-0.1, -0.05) is 58.7 Å². The monoisotopic (exact) mass is 1060 g/mol. The number of aliphatic carboxylic acids is 2. The second-order valence-electron chi connectivity index (χ2n) is 20.5. The highest BCUT2D eigenvalue weighted by atomic mass is 19.1. The molecule has 2 aliphatic heterocycles. The number of oxime groups is 1. The Morgan fingerprint density at radius 2 is 1.53 bits per heavy atom. The van der Waals surface area contributed by atoms with Crippen LogP contribution in [0.1, 0.15) is 137 Å². The number of nitrogens with zero attached hydrogens (tertiary/aromatic N) is 4. The molecule has 75 heavy (non-hydrogen) atoms. The summed E-state index contributed by atoms with van der Waals surface area (Å²) in [6.07, 6.45) is -2.97. The minimum Gasteiger partial charge on any atom is -0.478 e. The molecule has 2 heterocycles. The molecular formula is C52H79FN6O16. The maximum Gasteiger partial charge on any atom is 0.334 e. The zero-order valence-electron chi connectivity index (χ0n) is 44.8. The van der Waals surface area contributed by atoms with E-state index in [1.807, 2.05) is 13.8 Å². The standard InChI is InChI=1S/C52H79FN6O16/c1-27(2)46(73-44(65)25-40(62)45(51(69)70)33(8)50(67)68)48(71-10)41(63)24-39(61)32(7)38(60)15-11-30(5)47-31(6)18-20-52(75-47)19-17-29(4)42(74-52)16-12-28(3)34(9)58-72-26-43(64)55-21-22-56-49(66)35-13-14-36(53)37(23-35)57-59-54/h13-14,23,27-32,38,40-42,46-48,60,62-63H,11-12,15-22,24-26H2,1-10H3,(H,55,64)(H,56,66)(H,67,68)(H,69,70)/b45-33-,58-34+/t28-,29+,30+,31-,32-,38-,40+,41+,42-,46+,47-,48-,52+/m0/s1. The van der Waals surface area contributed by atoms with Crippen molar-refractivity contribution in [3.05, 3.63) is 51.2 Å². The van der Waals surface area contributed by atoms with E-state index >= 15 is 0 Å². The lowest BCUT2D eigenvalue weighted by molar-refractivity contribution is -0.338. The van der Waals surface area contributed by atoms with Gasteiger partial charge in [0.2, 0.25) is 0 Å². The molecule has 2 amide bonds. The first-order valence-corrected chi connectivity index (χ1v) is 25.6. The number of carboxylic acids is 2. The van der Waals surface area contributed by atoms with Crippen LogP contribution in [-0.2, 0) is 47.8 Å². The van der Waals surface area contributed by atoms with Crippen LogP contribution in [0.5, 0.6) is 0 Å². The summed E-state index contributed by atoms with van der Waals surface area (Å²) in [5.74, 6) is -8.23. The molecule has 0 saturated carbocycles. The number of hydrogen-bond donors (Lipinski definition) is 7. The second kappa shape index (κ2) is 30.3. The fraction of sp³-hybridized carbons (Fsp3) is 0.712. The molecule has 0 unspecified atom stereocenters. The smallest absolute Gasteiger partial charge is 0.334 e. The van der Waals surface area contributed by atoms with Crippen LogP contribution in [0.25, 0.3) is 10.4 Å². The number of ketones is 1. The maximum atomic E-state index is 13.7. The molecule has 1 spiro atoms. The van der Waals surface area contributed by atoms with Gasteiger partial charge in [0.05, 0.1) is 53.9 Å². The molecule has 22 nitrogen and oxygen atoms in total. The summed E-state index contributed by atoms with van der Waals surface area (Å²) in [5.41, 5.74) is 7.53. The largest absolute Gasteiger partial charge is 0.478 e. The van der Waals surface area contributed by atoms with Crippen LogP contribution in [0.3, 0.4) is 0 Å². The van der Waals surface area contributed by atoms with E-state index in [-0.39, 0.29) is 73.2 Å². The molecule has 2 aliphatic rings. The summed E-state index contributed by atoms with van der Waals surface area (Å²) in [6, 6.07) is 3.40. The van der Waals surface area contributed by atoms with Gasteiger partial charge in [0.15, 0.2) is 12.4 Å². The predicted octanol–water partition coefficient (Wildman–Crippen LogP) is 6.30. The van der Waals surface area contributed by atoms with Crippen LogP contribution in [0, 0.1) is 41.3 Å². The average molecular weight is 1060 g/mol. The summed E-state index contributed by atoms with van der Waals surface area (Å²) >= 11 is 0. The number of esters is 1. The summed E-state index contributed by atoms with van der Waals surface area (Å²) in [4.78, 5) is 82.0. The number of rotatable bonds is 30. The number of benzene rings is 1. The fourth-order valence-corrected chi connectivity index (χ4v) is 9.42. The van der Waals surface area contributed by atoms with Crippen LogP contribution in [0.15, 0.2) is 39.6 Å². The van der Waals surface area contributed by atoms with Gasteiger partial charge in [-0.15, -0.1) is 0 Å². The number of aliphatic hydroxyl groups is 3. The Hall–Kier alpha value is -5.55. The first-order chi connectivity index (χ1) is 35.3. The quantitative estimate of drug-likeness (QED) is 0.00649. The number of nitrogens with one attached hydrogen (secondary N) is 2. The Labute approximate surface area is 437 Å². The molecular weight excluding hydrogens is 984 g/mol. The van der Waals surface area contributed by atoms with Gasteiger partial charge in [0.1, 0.15) is 23.8 Å². The van der Waals surface area contributed by atoms with E-state index in [1.165, 1.54) is 13.2 Å². The number of carboxylic acid groups (broad SMARTS) is 2. The Balaban J connectivity index is 1.48. The van der Waals surface area contributed by atoms with Crippen molar-refractivity contribution in [2.24, 2.45) is 45.8 Å². The topological polar surface area (TPSA) is 335 Å². The molecule has 3 rings (SSSR count). The molecule has 2 saturated heterocycles. The Kier molecular flexibility index (Phi) is 25.7. The number of carbonyl (C=O) groups excluding carboxylic acids is 4. The molecule has 1 aromatic rings. The minimum atomic E-state index is -2.00. The number of methoxy groups -OCH3 is 1. The number of azide groups is 1. The average Bonchev–Trinajstić information content (AvgIpc) is 3.35. The van der Waals surface area contributed by atoms with E-state index in [1.54, 1.807) is 20.8 Å². The zero-order valence-corrected chi connectivity index (χ0v) is 44.8. The zero-order chi connectivity index (χ0) is 56.3. The number of amides is 2. The van der Waals surface area contributed by atoms with Gasteiger partial charge in [0.25, 0.3) is 11.8 Å². The minimum absolute atomic E-state index is 0.00934. The van der Waals surface area contributed by atoms with Gasteiger partial charge in [0, 0.05) is 61.4 Å². The van der Waals surface area contributed by atoms with Crippen molar-refractivity contribution >= 4 is 46.9 Å². The summed E-state index contributed by atoms with van der Waals surface area (Å²) in [5, 5.41) is 64.2. The van der Waals surface area contributed by atoms with E-state index < -0.39 is 113 Å². The Morgan fingerprint density at radius 1 is 0.880 bits per heavy atom. The number of hydrogen-bond acceptors (Lipinski definition) is 16. The van der Waals surface area contributed by atoms with Crippen molar-refractivity contribution in [2.75, 3.05) is 26.8 Å². The van der Waals surface area contributed by atoms with Gasteiger partial charge in [-0.25, -0.2) is 14.0 Å². The third-order valence-electron chi connectivity index (χ3n) is 14.5. The van der Waals surface area contributed by atoms with Crippen LogP contribution >= 0.6 is 0 Å². The van der Waals surface area contributed by atoms with Gasteiger partial charge in [-0.3, -0.25) is 19.2 Å². The third kappa shape index (κ3) is 19.2.